The van der Waals surface area contributed by atoms with Crippen molar-refractivity contribution < 1.29 is 14.5 Å². The predicted octanol–water partition coefficient (Wildman–Crippen LogP) is 3.04. The average Bonchev–Trinajstić information content (AvgIpc) is 2.97. The molecule has 132 valence electrons. The van der Waals surface area contributed by atoms with E-state index < -0.39 is 10.8 Å². The van der Waals surface area contributed by atoms with Gasteiger partial charge in [0.2, 0.25) is 0 Å². The second-order valence-electron chi connectivity index (χ2n) is 5.57. The van der Waals surface area contributed by atoms with Gasteiger partial charge in [-0.2, -0.15) is 10.1 Å². The van der Waals surface area contributed by atoms with Gasteiger partial charge in [0.15, 0.2) is 0 Å². The molecule has 1 heterocycles. The molecule has 0 saturated heterocycles. The summed E-state index contributed by atoms with van der Waals surface area (Å²) in [5.74, 6) is -0.736. The molecule has 2 amide bonds. The summed E-state index contributed by atoms with van der Waals surface area (Å²) >= 11 is 6.07. The van der Waals surface area contributed by atoms with Crippen molar-refractivity contribution in [2.24, 2.45) is 5.10 Å². The number of halogens is 1. The molecular weight excluding hydrogens is 360 g/mol. The van der Waals surface area contributed by atoms with E-state index in [1.807, 2.05) is 0 Å². The summed E-state index contributed by atoms with van der Waals surface area (Å²) < 4.78 is 0. The summed E-state index contributed by atoms with van der Waals surface area (Å²) in [6.45, 7) is 1.76. The number of nitrogens with one attached hydrogen (secondary N) is 1. The van der Waals surface area contributed by atoms with E-state index in [9.17, 15) is 19.7 Å². The third-order valence-electron chi connectivity index (χ3n) is 3.82. The van der Waals surface area contributed by atoms with Gasteiger partial charge in [-0.1, -0.05) is 23.7 Å². The Kier molecular flexibility index (Phi) is 4.68. The van der Waals surface area contributed by atoms with Crippen molar-refractivity contribution in [3.05, 3.63) is 68.7 Å². The molecule has 0 aromatic heterocycles. The largest absolute Gasteiger partial charge is 0.308 e. The zero-order valence-corrected chi connectivity index (χ0v) is 14.4. The average molecular weight is 373 g/mol. The molecule has 0 aliphatic carbocycles. The van der Waals surface area contributed by atoms with Gasteiger partial charge in [0.05, 0.1) is 17.0 Å². The van der Waals surface area contributed by atoms with Crippen LogP contribution in [0.1, 0.15) is 22.3 Å². The van der Waals surface area contributed by atoms with E-state index in [4.69, 9.17) is 11.6 Å². The van der Waals surface area contributed by atoms with E-state index >= 15 is 0 Å². The number of rotatable bonds is 3. The van der Waals surface area contributed by atoms with E-state index in [1.165, 1.54) is 23.2 Å². The van der Waals surface area contributed by atoms with Gasteiger partial charge in [0.25, 0.3) is 17.5 Å². The number of nitrogens with zero attached hydrogens (tertiary/aromatic N) is 3. The van der Waals surface area contributed by atoms with E-state index in [1.54, 1.807) is 25.1 Å². The van der Waals surface area contributed by atoms with Gasteiger partial charge < -0.3 is 5.32 Å². The van der Waals surface area contributed by atoms with Crippen LogP contribution in [-0.2, 0) is 4.79 Å². The first-order valence-corrected chi connectivity index (χ1v) is 7.96. The molecule has 0 saturated carbocycles. The molecule has 26 heavy (non-hydrogen) atoms. The lowest BCUT2D eigenvalue weighted by atomic mass is 10.2. The van der Waals surface area contributed by atoms with Gasteiger partial charge in [0.1, 0.15) is 5.84 Å². The maximum atomic E-state index is 12.3. The van der Waals surface area contributed by atoms with Gasteiger partial charge in [-0.3, -0.25) is 19.7 Å². The molecule has 2 aromatic rings. The number of hydrogen-bond acceptors (Lipinski definition) is 5. The van der Waals surface area contributed by atoms with Gasteiger partial charge >= 0.3 is 0 Å². The molecule has 3 rings (SSSR count). The van der Waals surface area contributed by atoms with E-state index in [2.05, 4.69) is 10.4 Å². The van der Waals surface area contributed by atoms with Crippen LogP contribution in [0.25, 0.3) is 0 Å². The number of nitro groups is 1. The summed E-state index contributed by atoms with van der Waals surface area (Å²) in [7, 11) is 0. The second kappa shape index (κ2) is 6.93. The summed E-state index contributed by atoms with van der Waals surface area (Å²) in [5.41, 5.74) is 1.13. The standard InChI is InChI=1S/C17H13ClN4O4/c1-10-13(18)6-3-7-14(10)21-16(23)9-15(20-21)19-17(24)11-4-2-5-12(8-11)22(25)26/h2-8H,9H2,1H3,(H,19,20,24). The molecule has 9 heteroatoms. The second-order valence-corrected chi connectivity index (χ2v) is 5.98. The molecule has 0 unspecified atom stereocenters. The third kappa shape index (κ3) is 3.40. The zero-order valence-electron chi connectivity index (χ0n) is 13.6. The zero-order chi connectivity index (χ0) is 18.8. The maximum Gasteiger partial charge on any atom is 0.270 e. The summed E-state index contributed by atoms with van der Waals surface area (Å²) in [6, 6.07) is 10.4. The number of anilines is 1. The van der Waals surface area contributed by atoms with Crippen LogP contribution in [0.15, 0.2) is 47.6 Å². The number of hydrazone groups is 1. The molecule has 1 aliphatic heterocycles. The number of carbonyl (C=O) groups excluding carboxylic acids is 2. The van der Waals surface area contributed by atoms with Crippen molar-refractivity contribution in [2.45, 2.75) is 13.3 Å². The molecule has 0 radical (unpaired) electrons. The minimum absolute atomic E-state index is 0.0907. The lowest BCUT2D eigenvalue weighted by Crippen LogP contribution is -2.29. The molecule has 0 fully saturated rings. The lowest BCUT2D eigenvalue weighted by Gasteiger charge is -2.14. The minimum atomic E-state index is -0.586. The quantitative estimate of drug-likeness (QED) is 0.660. The van der Waals surface area contributed by atoms with Crippen LogP contribution in [0.2, 0.25) is 5.02 Å². The van der Waals surface area contributed by atoms with E-state index in [0.717, 1.165) is 6.07 Å². The Morgan fingerprint density at radius 1 is 1.31 bits per heavy atom. The topological polar surface area (TPSA) is 105 Å². The number of hydrogen-bond donors (Lipinski definition) is 1. The monoisotopic (exact) mass is 372 g/mol. The van der Waals surface area contributed by atoms with Crippen LogP contribution in [0, 0.1) is 17.0 Å². The number of non-ortho nitro benzene ring substituents is 1. The van der Waals surface area contributed by atoms with Gasteiger partial charge in [-0.15, -0.1) is 0 Å². The number of amidine groups is 1. The number of carbonyl (C=O) groups is 2. The van der Waals surface area contributed by atoms with Crippen molar-refractivity contribution in [1.29, 1.82) is 0 Å². The highest BCUT2D eigenvalue weighted by Gasteiger charge is 2.28. The Bertz CT molecular complexity index is 958. The molecule has 1 aliphatic rings. The fourth-order valence-corrected chi connectivity index (χ4v) is 2.65. The van der Waals surface area contributed by atoms with Crippen molar-refractivity contribution in [3.63, 3.8) is 0 Å². The Morgan fingerprint density at radius 3 is 2.77 bits per heavy atom. The van der Waals surface area contributed by atoms with Crippen LogP contribution in [0.5, 0.6) is 0 Å². The molecule has 1 N–H and O–H groups in total. The van der Waals surface area contributed by atoms with Crippen LogP contribution < -0.4 is 10.3 Å². The van der Waals surface area contributed by atoms with Crippen LogP contribution in [0.4, 0.5) is 11.4 Å². The third-order valence-corrected chi connectivity index (χ3v) is 4.23. The highest BCUT2D eigenvalue weighted by molar-refractivity contribution is 6.32. The van der Waals surface area contributed by atoms with Crippen LogP contribution in [0.3, 0.4) is 0 Å². The van der Waals surface area contributed by atoms with Gasteiger partial charge in [-0.05, 0) is 30.7 Å². The van der Waals surface area contributed by atoms with Crippen LogP contribution in [-0.4, -0.2) is 22.6 Å². The highest BCUT2D eigenvalue weighted by Crippen LogP contribution is 2.29. The first-order valence-electron chi connectivity index (χ1n) is 7.58. The Labute approximate surface area is 153 Å². The van der Waals surface area contributed by atoms with E-state index in [-0.39, 0.29) is 29.4 Å². The normalized spacial score (nSPS) is 13.5. The predicted molar refractivity (Wildman–Crippen MR) is 96.3 cm³/mol. The Balaban J connectivity index is 1.81. The molecular formula is C17H13ClN4O4. The molecule has 0 atom stereocenters. The van der Waals surface area contributed by atoms with E-state index in [0.29, 0.717) is 16.3 Å². The Morgan fingerprint density at radius 2 is 2.04 bits per heavy atom. The van der Waals surface area contributed by atoms with Gasteiger partial charge in [-0.25, -0.2) is 0 Å². The SMILES string of the molecule is Cc1c(Cl)cccc1N1N=C(NC(=O)c2cccc([N+](=O)[O-])c2)CC1=O. The van der Waals surface area contributed by atoms with Crippen molar-refractivity contribution in [1.82, 2.24) is 5.32 Å². The number of nitro benzene ring substituents is 1. The maximum absolute atomic E-state index is 12.3. The highest BCUT2D eigenvalue weighted by atomic mass is 35.5. The fraction of sp³-hybridized carbons (Fsp3) is 0.118. The molecule has 0 spiro atoms. The number of benzene rings is 2. The van der Waals surface area contributed by atoms with Crippen molar-refractivity contribution in [2.75, 3.05) is 5.01 Å². The first kappa shape index (κ1) is 17.6. The minimum Gasteiger partial charge on any atom is -0.308 e. The Hall–Kier alpha value is -3.26. The smallest absolute Gasteiger partial charge is 0.270 e. The molecule has 0 bridgehead atoms. The number of amides is 2. The van der Waals surface area contributed by atoms with Gasteiger partial charge in [0, 0.05) is 22.7 Å². The summed E-state index contributed by atoms with van der Waals surface area (Å²) in [6.07, 6.45) is -0.0907. The molecule has 8 nitrogen and oxygen atoms in total. The summed E-state index contributed by atoms with van der Waals surface area (Å²) in [4.78, 5) is 34.7. The van der Waals surface area contributed by atoms with Crippen molar-refractivity contribution in [3.8, 4) is 0 Å². The van der Waals surface area contributed by atoms with Crippen molar-refractivity contribution >= 4 is 40.6 Å². The summed E-state index contributed by atoms with van der Waals surface area (Å²) in [5, 5.41) is 19.2. The first-order chi connectivity index (χ1) is 12.4. The fourth-order valence-electron chi connectivity index (χ4n) is 2.48. The van der Waals surface area contributed by atoms with Crippen LogP contribution >= 0.6 is 11.6 Å². The lowest BCUT2D eigenvalue weighted by molar-refractivity contribution is -0.384. The molecule has 2 aromatic carbocycles.